The third-order valence-corrected chi connectivity index (χ3v) is 3.86. The van der Waals surface area contributed by atoms with Gasteiger partial charge in [0.05, 0.1) is 25.8 Å². The minimum absolute atomic E-state index is 0.0344. The first-order valence-electron chi connectivity index (χ1n) is 8.65. The second-order valence-corrected chi connectivity index (χ2v) is 6.00. The van der Waals surface area contributed by atoms with Gasteiger partial charge in [-0.1, -0.05) is 19.1 Å². The highest BCUT2D eigenvalue weighted by Gasteiger charge is 2.23. The van der Waals surface area contributed by atoms with Gasteiger partial charge < -0.3 is 24.4 Å². The van der Waals surface area contributed by atoms with E-state index in [9.17, 15) is 9.59 Å². The summed E-state index contributed by atoms with van der Waals surface area (Å²) in [5.41, 5.74) is 0.248. The van der Waals surface area contributed by atoms with Gasteiger partial charge in [0.1, 0.15) is 11.8 Å². The number of hydrogen-bond acceptors (Lipinski definition) is 7. The Morgan fingerprint density at radius 2 is 1.71 bits per heavy atom. The number of methoxy groups -OCH3 is 2. The number of nitrogens with zero attached hydrogens (tertiary/aromatic N) is 3. The molecule has 0 aliphatic rings. The molecule has 1 aromatic heterocycles. The molecule has 0 aliphatic heterocycles. The maximum absolute atomic E-state index is 12.7. The Hall–Kier alpha value is -3.36. The van der Waals surface area contributed by atoms with Gasteiger partial charge in [-0.05, 0) is 18.6 Å². The predicted molar refractivity (Wildman–Crippen MR) is 102 cm³/mol. The van der Waals surface area contributed by atoms with Gasteiger partial charge in [0.2, 0.25) is 17.7 Å². The summed E-state index contributed by atoms with van der Waals surface area (Å²) in [4.78, 5) is 34.6. The summed E-state index contributed by atoms with van der Waals surface area (Å²) in [7, 11) is 6.20. The minimum atomic E-state index is -0.635. The van der Waals surface area contributed by atoms with Crippen LogP contribution >= 0.6 is 0 Å². The Morgan fingerprint density at radius 3 is 2.25 bits per heavy atom. The molecular formula is C19H24N4O5. The number of hydrogen-bond donors (Lipinski definition) is 1. The molecule has 2 amide bonds. The first kappa shape index (κ1) is 20.9. The number of likely N-dealkylation sites (N-methyl/N-ethyl adjacent to an activating group) is 1. The molecule has 9 nitrogen and oxygen atoms in total. The van der Waals surface area contributed by atoms with Gasteiger partial charge in [-0.25, -0.2) is 0 Å². The molecule has 2 rings (SSSR count). The Morgan fingerprint density at radius 1 is 1.11 bits per heavy atom. The lowest BCUT2D eigenvalue weighted by Gasteiger charge is -2.21. The van der Waals surface area contributed by atoms with Gasteiger partial charge >= 0.3 is 6.01 Å². The van der Waals surface area contributed by atoms with Gasteiger partial charge in [-0.15, -0.1) is 0 Å². The van der Waals surface area contributed by atoms with E-state index in [0.717, 1.165) is 0 Å². The minimum Gasteiger partial charge on any atom is -0.481 e. The second kappa shape index (κ2) is 9.54. The molecule has 1 N–H and O–H groups in total. The van der Waals surface area contributed by atoms with Crippen molar-refractivity contribution in [3.63, 3.8) is 0 Å². The third kappa shape index (κ3) is 5.09. The second-order valence-electron chi connectivity index (χ2n) is 6.00. The Bertz CT molecular complexity index is 819. The van der Waals surface area contributed by atoms with Gasteiger partial charge in [-0.2, -0.15) is 9.97 Å². The van der Waals surface area contributed by atoms with Gasteiger partial charge in [0.15, 0.2) is 0 Å². The van der Waals surface area contributed by atoms with Crippen LogP contribution in [0.4, 0.5) is 0 Å². The van der Waals surface area contributed by atoms with Crippen LogP contribution in [0.3, 0.4) is 0 Å². The molecule has 1 aromatic carbocycles. The quantitative estimate of drug-likeness (QED) is 0.736. The third-order valence-electron chi connectivity index (χ3n) is 3.86. The molecule has 1 heterocycles. The number of aromatic nitrogens is 2. The number of benzene rings is 1. The number of para-hydroxylation sites is 1. The van der Waals surface area contributed by atoms with Crippen molar-refractivity contribution in [2.24, 2.45) is 0 Å². The average Bonchev–Trinajstić information content (AvgIpc) is 2.71. The summed E-state index contributed by atoms with van der Waals surface area (Å²) in [6.45, 7) is 1.82. The van der Waals surface area contributed by atoms with Crippen molar-refractivity contribution in [1.82, 2.24) is 20.2 Å². The molecule has 2 aromatic rings. The first-order valence-corrected chi connectivity index (χ1v) is 8.65. The molecule has 28 heavy (non-hydrogen) atoms. The summed E-state index contributed by atoms with van der Waals surface area (Å²) in [6.07, 6.45) is 0.460. The molecule has 0 radical (unpaired) electrons. The summed E-state index contributed by atoms with van der Waals surface area (Å²) in [5.74, 6) is 0.128. The highest BCUT2D eigenvalue weighted by Crippen LogP contribution is 2.26. The molecule has 0 bridgehead atoms. The summed E-state index contributed by atoms with van der Waals surface area (Å²) < 4.78 is 15.9. The fraction of sp³-hybridized carbons (Fsp3) is 0.368. The number of amides is 2. The molecular weight excluding hydrogens is 364 g/mol. The topological polar surface area (TPSA) is 103 Å². The summed E-state index contributed by atoms with van der Waals surface area (Å²) in [6, 6.07) is 7.45. The molecule has 150 valence electrons. The lowest BCUT2D eigenvalue weighted by atomic mass is 10.1. The molecule has 0 unspecified atom stereocenters. The largest absolute Gasteiger partial charge is 0.481 e. The lowest BCUT2D eigenvalue weighted by molar-refractivity contribution is -0.130. The Balaban J connectivity index is 2.28. The molecule has 9 heteroatoms. The van der Waals surface area contributed by atoms with Crippen molar-refractivity contribution in [2.75, 3.05) is 28.3 Å². The number of nitrogens with one attached hydrogen (secondary N) is 1. The van der Waals surface area contributed by atoms with Crippen LogP contribution in [0.5, 0.6) is 23.5 Å². The molecule has 0 saturated heterocycles. The monoisotopic (exact) mass is 388 g/mol. The summed E-state index contributed by atoms with van der Waals surface area (Å²) >= 11 is 0. The van der Waals surface area contributed by atoms with E-state index in [0.29, 0.717) is 6.42 Å². The van der Waals surface area contributed by atoms with Gasteiger partial charge in [0, 0.05) is 14.1 Å². The van der Waals surface area contributed by atoms with E-state index in [1.54, 1.807) is 38.4 Å². The summed E-state index contributed by atoms with van der Waals surface area (Å²) in [5, 5.41) is 2.74. The highest BCUT2D eigenvalue weighted by molar-refractivity contribution is 5.99. The number of carbonyl (C=O) groups is 2. The van der Waals surface area contributed by atoms with Crippen LogP contribution in [0, 0.1) is 0 Å². The van der Waals surface area contributed by atoms with Crippen LogP contribution in [0.25, 0.3) is 0 Å². The van der Waals surface area contributed by atoms with Crippen molar-refractivity contribution < 1.29 is 23.8 Å². The van der Waals surface area contributed by atoms with E-state index in [-0.39, 0.29) is 35.0 Å². The molecule has 0 fully saturated rings. The first-order chi connectivity index (χ1) is 13.4. The van der Waals surface area contributed by atoms with Crippen LogP contribution in [0.15, 0.2) is 30.3 Å². The van der Waals surface area contributed by atoms with E-state index >= 15 is 0 Å². The Labute approximate surface area is 163 Å². The van der Waals surface area contributed by atoms with E-state index in [1.807, 2.05) is 6.92 Å². The molecule has 1 atom stereocenters. The van der Waals surface area contributed by atoms with Crippen LogP contribution in [-0.4, -0.2) is 61.0 Å². The van der Waals surface area contributed by atoms with Crippen LogP contribution < -0.4 is 19.5 Å². The zero-order valence-electron chi connectivity index (χ0n) is 16.6. The Kier molecular flexibility index (Phi) is 7.14. The number of ether oxygens (including phenoxy) is 3. The van der Waals surface area contributed by atoms with Gasteiger partial charge in [-0.3, -0.25) is 9.59 Å². The average molecular weight is 388 g/mol. The fourth-order valence-electron chi connectivity index (χ4n) is 2.37. The molecule has 0 spiro atoms. The SMILES string of the molecule is CC[C@H](NC(=O)c1ccccc1Oc1nc(OC)cc(OC)n1)C(=O)N(C)C. The smallest absolute Gasteiger partial charge is 0.328 e. The van der Waals surface area contributed by atoms with Crippen LogP contribution in [0.1, 0.15) is 23.7 Å². The maximum atomic E-state index is 12.7. The van der Waals surface area contributed by atoms with E-state index in [2.05, 4.69) is 15.3 Å². The lowest BCUT2D eigenvalue weighted by Crippen LogP contribution is -2.45. The highest BCUT2D eigenvalue weighted by atomic mass is 16.5. The van der Waals surface area contributed by atoms with E-state index in [1.165, 1.54) is 25.2 Å². The van der Waals surface area contributed by atoms with Crippen molar-refractivity contribution in [3.8, 4) is 23.5 Å². The van der Waals surface area contributed by atoms with Crippen LogP contribution in [0.2, 0.25) is 0 Å². The predicted octanol–water partition coefficient (Wildman–Crippen LogP) is 1.88. The maximum Gasteiger partial charge on any atom is 0.328 e. The zero-order chi connectivity index (χ0) is 20.7. The van der Waals surface area contributed by atoms with Gasteiger partial charge in [0.25, 0.3) is 5.91 Å². The van der Waals surface area contributed by atoms with E-state index in [4.69, 9.17) is 14.2 Å². The fourth-order valence-corrected chi connectivity index (χ4v) is 2.37. The van der Waals surface area contributed by atoms with E-state index < -0.39 is 11.9 Å². The van der Waals surface area contributed by atoms with Crippen molar-refractivity contribution in [2.45, 2.75) is 19.4 Å². The molecule has 0 aliphatic carbocycles. The number of carbonyl (C=O) groups excluding carboxylic acids is 2. The normalized spacial score (nSPS) is 11.3. The molecule has 0 saturated carbocycles. The number of rotatable bonds is 8. The zero-order valence-corrected chi connectivity index (χ0v) is 16.6. The van der Waals surface area contributed by atoms with Crippen molar-refractivity contribution >= 4 is 11.8 Å². The van der Waals surface area contributed by atoms with Crippen molar-refractivity contribution in [1.29, 1.82) is 0 Å². The van der Waals surface area contributed by atoms with Crippen LogP contribution in [-0.2, 0) is 4.79 Å². The standard InChI is InChI=1S/C19H24N4O5/c1-6-13(18(25)23(2)3)20-17(24)12-9-7-8-10-14(12)28-19-21-15(26-4)11-16(22-19)27-5/h7-11,13H,6H2,1-5H3,(H,20,24)/t13-/m0/s1. The van der Waals surface area contributed by atoms with Crippen molar-refractivity contribution in [3.05, 3.63) is 35.9 Å².